The Balaban J connectivity index is 2.65. The molecule has 0 saturated carbocycles. The SMILES string of the molecule is CNCCC(O)C(O)c1ccc(C(=O)OC)s1. The minimum Gasteiger partial charge on any atom is -0.465 e. The van der Waals surface area contributed by atoms with Gasteiger partial charge in [0.25, 0.3) is 0 Å². The zero-order valence-corrected chi connectivity index (χ0v) is 10.7. The van der Waals surface area contributed by atoms with E-state index in [2.05, 4.69) is 10.1 Å². The number of aliphatic hydroxyl groups excluding tert-OH is 2. The predicted molar refractivity (Wildman–Crippen MR) is 65.2 cm³/mol. The maximum absolute atomic E-state index is 11.2. The first-order chi connectivity index (χ1) is 8.10. The monoisotopic (exact) mass is 259 g/mol. The molecule has 1 aromatic rings. The third-order valence-corrected chi connectivity index (χ3v) is 3.50. The molecule has 0 radical (unpaired) electrons. The van der Waals surface area contributed by atoms with Crippen LogP contribution in [0.2, 0.25) is 0 Å². The minimum atomic E-state index is -0.966. The summed E-state index contributed by atoms with van der Waals surface area (Å²) in [5.41, 5.74) is 0. The number of nitrogens with one attached hydrogen (secondary N) is 1. The van der Waals surface area contributed by atoms with Crippen LogP contribution in [0.15, 0.2) is 12.1 Å². The van der Waals surface area contributed by atoms with E-state index in [1.54, 1.807) is 19.2 Å². The second-order valence-corrected chi connectivity index (χ2v) is 4.71. The molecule has 96 valence electrons. The Morgan fingerprint density at radius 2 is 2.24 bits per heavy atom. The largest absolute Gasteiger partial charge is 0.465 e. The summed E-state index contributed by atoms with van der Waals surface area (Å²) in [6, 6.07) is 3.21. The summed E-state index contributed by atoms with van der Waals surface area (Å²) < 4.78 is 4.57. The van der Waals surface area contributed by atoms with Crippen LogP contribution >= 0.6 is 11.3 Å². The van der Waals surface area contributed by atoms with Gasteiger partial charge in [0, 0.05) is 4.88 Å². The average molecular weight is 259 g/mol. The first-order valence-corrected chi connectivity index (χ1v) is 6.10. The average Bonchev–Trinajstić information content (AvgIpc) is 2.83. The molecule has 1 rings (SSSR count). The van der Waals surface area contributed by atoms with Crippen LogP contribution in [0.4, 0.5) is 0 Å². The van der Waals surface area contributed by atoms with Gasteiger partial charge in [-0.1, -0.05) is 0 Å². The summed E-state index contributed by atoms with van der Waals surface area (Å²) in [6.07, 6.45) is -1.36. The molecule has 0 aliphatic rings. The predicted octanol–water partition coefficient (Wildman–Crippen LogP) is 0.539. The van der Waals surface area contributed by atoms with Gasteiger partial charge in [-0.2, -0.15) is 0 Å². The van der Waals surface area contributed by atoms with Gasteiger partial charge >= 0.3 is 5.97 Å². The number of hydrogen-bond donors (Lipinski definition) is 3. The molecule has 2 atom stereocenters. The number of hydrogen-bond acceptors (Lipinski definition) is 6. The van der Waals surface area contributed by atoms with Crippen molar-refractivity contribution in [3.63, 3.8) is 0 Å². The summed E-state index contributed by atoms with van der Waals surface area (Å²) in [4.78, 5) is 12.2. The Morgan fingerprint density at radius 1 is 1.53 bits per heavy atom. The normalized spacial score (nSPS) is 14.4. The molecule has 0 aliphatic carbocycles. The van der Waals surface area contributed by atoms with Crippen molar-refractivity contribution in [1.82, 2.24) is 5.32 Å². The summed E-state index contributed by atoms with van der Waals surface area (Å²) in [5.74, 6) is -0.432. The third kappa shape index (κ3) is 3.78. The number of carbonyl (C=O) groups excluding carboxylic acids is 1. The molecule has 0 saturated heterocycles. The molecule has 5 nitrogen and oxygen atoms in total. The van der Waals surface area contributed by atoms with Crippen molar-refractivity contribution >= 4 is 17.3 Å². The van der Waals surface area contributed by atoms with Gasteiger partial charge in [0.15, 0.2) is 0 Å². The van der Waals surface area contributed by atoms with E-state index in [0.717, 1.165) is 11.3 Å². The Hall–Kier alpha value is -0.950. The van der Waals surface area contributed by atoms with E-state index >= 15 is 0 Å². The summed E-state index contributed by atoms with van der Waals surface area (Å²) in [5, 5.41) is 22.5. The van der Waals surface area contributed by atoms with Crippen LogP contribution in [0.3, 0.4) is 0 Å². The van der Waals surface area contributed by atoms with Crippen LogP contribution in [-0.2, 0) is 4.74 Å². The van der Waals surface area contributed by atoms with Crippen LogP contribution < -0.4 is 5.32 Å². The van der Waals surface area contributed by atoms with Crippen LogP contribution in [0, 0.1) is 0 Å². The van der Waals surface area contributed by atoms with Gasteiger partial charge < -0.3 is 20.3 Å². The van der Waals surface area contributed by atoms with Crippen molar-refractivity contribution in [3.05, 3.63) is 21.9 Å². The van der Waals surface area contributed by atoms with Gasteiger partial charge in [-0.05, 0) is 32.1 Å². The molecule has 0 aliphatic heterocycles. The van der Waals surface area contributed by atoms with E-state index in [0.29, 0.717) is 22.7 Å². The van der Waals surface area contributed by atoms with E-state index in [-0.39, 0.29) is 0 Å². The Bertz CT molecular complexity index is 366. The van der Waals surface area contributed by atoms with Gasteiger partial charge in [0.1, 0.15) is 11.0 Å². The lowest BCUT2D eigenvalue weighted by Crippen LogP contribution is -2.22. The lowest BCUT2D eigenvalue weighted by atomic mass is 10.1. The second kappa shape index (κ2) is 6.70. The standard InChI is InChI=1S/C11H17NO4S/c1-12-6-5-7(13)10(14)8-3-4-9(17-8)11(15)16-2/h3-4,7,10,12-14H,5-6H2,1-2H3. The van der Waals surface area contributed by atoms with Crippen molar-refractivity contribution in [2.75, 3.05) is 20.7 Å². The number of ether oxygens (including phenoxy) is 1. The fraction of sp³-hybridized carbons (Fsp3) is 0.545. The molecule has 0 bridgehead atoms. The van der Waals surface area contributed by atoms with Crippen molar-refractivity contribution in [2.45, 2.75) is 18.6 Å². The minimum absolute atomic E-state index is 0.419. The third-order valence-electron chi connectivity index (χ3n) is 2.36. The van der Waals surface area contributed by atoms with E-state index in [1.807, 2.05) is 0 Å². The zero-order valence-electron chi connectivity index (χ0n) is 9.84. The van der Waals surface area contributed by atoms with Gasteiger partial charge in [0.2, 0.25) is 0 Å². The van der Waals surface area contributed by atoms with Crippen molar-refractivity contribution in [2.24, 2.45) is 0 Å². The Morgan fingerprint density at radius 3 is 2.82 bits per heavy atom. The highest BCUT2D eigenvalue weighted by atomic mass is 32.1. The number of methoxy groups -OCH3 is 1. The number of carbonyl (C=O) groups is 1. The molecule has 1 heterocycles. The molecule has 0 spiro atoms. The molecule has 0 aromatic carbocycles. The molecule has 0 fully saturated rings. The van der Waals surface area contributed by atoms with Gasteiger partial charge in [-0.15, -0.1) is 11.3 Å². The van der Waals surface area contributed by atoms with Crippen molar-refractivity contribution in [3.8, 4) is 0 Å². The maximum Gasteiger partial charge on any atom is 0.348 e. The number of aliphatic hydroxyl groups is 2. The lowest BCUT2D eigenvalue weighted by Gasteiger charge is -2.16. The number of esters is 1. The highest BCUT2D eigenvalue weighted by molar-refractivity contribution is 7.14. The van der Waals surface area contributed by atoms with Crippen molar-refractivity contribution in [1.29, 1.82) is 0 Å². The summed E-state index contributed by atoms with van der Waals surface area (Å²) in [6.45, 7) is 0.619. The van der Waals surface area contributed by atoms with E-state index in [1.165, 1.54) is 7.11 Å². The molecular formula is C11H17NO4S. The lowest BCUT2D eigenvalue weighted by molar-refractivity contribution is 0.0161. The van der Waals surface area contributed by atoms with Gasteiger partial charge in [0.05, 0.1) is 13.2 Å². The highest BCUT2D eigenvalue weighted by Crippen LogP contribution is 2.27. The van der Waals surface area contributed by atoms with Crippen LogP contribution in [-0.4, -0.2) is 43.0 Å². The van der Waals surface area contributed by atoms with Crippen molar-refractivity contribution < 1.29 is 19.7 Å². The quantitative estimate of drug-likeness (QED) is 0.650. The van der Waals surface area contributed by atoms with E-state index < -0.39 is 18.2 Å². The molecule has 0 amide bonds. The first-order valence-electron chi connectivity index (χ1n) is 5.29. The van der Waals surface area contributed by atoms with Crippen LogP contribution in [0.5, 0.6) is 0 Å². The second-order valence-electron chi connectivity index (χ2n) is 3.60. The first kappa shape index (κ1) is 14.1. The van der Waals surface area contributed by atoms with E-state index in [4.69, 9.17) is 0 Å². The van der Waals surface area contributed by atoms with Crippen LogP contribution in [0.1, 0.15) is 27.1 Å². The smallest absolute Gasteiger partial charge is 0.348 e. The fourth-order valence-electron chi connectivity index (χ4n) is 1.36. The van der Waals surface area contributed by atoms with Gasteiger partial charge in [-0.25, -0.2) is 4.79 Å². The molecule has 6 heteroatoms. The highest BCUT2D eigenvalue weighted by Gasteiger charge is 2.21. The summed E-state index contributed by atoms with van der Waals surface area (Å²) in [7, 11) is 3.08. The van der Waals surface area contributed by atoms with E-state index in [9.17, 15) is 15.0 Å². The maximum atomic E-state index is 11.2. The molecule has 2 unspecified atom stereocenters. The van der Waals surface area contributed by atoms with Crippen LogP contribution in [0.25, 0.3) is 0 Å². The van der Waals surface area contributed by atoms with Gasteiger partial charge in [-0.3, -0.25) is 0 Å². The number of rotatable bonds is 6. The molecule has 17 heavy (non-hydrogen) atoms. The Labute approximate surface area is 104 Å². The Kier molecular flexibility index (Phi) is 5.57. The fourth-order valence-corrected chi connectivity index (χ4v) is 2.33. The molecule has 1 aromatic heterocycles. The number of thiophene rings is 1. The zero-order chi connectivity index (χ0) is 12.8. The summed E-state index contributed by atoms with van der Waals surface area (Å²) >= 11 is 1.13. The molecule has 3 N–H and O–H groups in total. The molecular weight excluding hydrogens is 242 g/mol. The topological polar surface area (TPSA) is 78.8 Å².